The van der Waals surface area contributed by atoms with Gasteiger partial charge >= 0.3 is 0 Å². The van der Waals surface area contributed by atoms with Crippen LogP contribution in [-0.2, 0) is 6.54 Å². The van der Waals surface area contributed by atoms with Gasteiger partial charge in [0.2, 0.25) is 0 Å². The van der Waals surface area contributed by atoms with Crippen molar-refractivity contribution in [3.05, 3.63) is 48.3 Å². The number of hydrogen-bond donors (Lipinski definition) is 2. The fourth-order valence-corrected chi connectivity index (χ4v) is 2.26. The molecule has 1 aliphatic heterocycles. The largest absolute Gasteiger partial charge is 0.315 e. The second kappa shape index (κ2) is 5.33. The molecule has 2 N–H and O–H groups in total. The van der Waals surface area contributed by atoms with Crippen molar-refractivity contribution in [1.29, 1.82) is 0 Å². The lowest BCUT2D eigenvalue weighted by Crippen LogP contribution is -2.30. The Balaban J connectivity index is 1.63. The highest BCUT2D eigenvalue weighted by Gasteiger charge is 2.13. The fraction of sp³-hybridized carbons (Fsp3) is 0.357. The van der Waals surface area contributed by atoms with Gasteiger partial charge in [0, 0.05) is 30.9 Å². The molecule has 4 nitrogen and oxygen atoms in total. The van der Waals surface area contributed by atoms with Gasteiger partial charge in [-0.05, 0) is 25.1 Å². The Bertz CT molecular complexity index is 486. The van der Waals surface area contributed by atoms with Crippen LogP contribution in [-0.4, -0.2) is 28.9 Å². The number of benzene rings is 1. The molecule has 2 aromatic rings. The molecule has 3 rings (SSSR count). The molecule has 0 amide bonds. The van der Waals surface area contributed by atoms with Crippen LogP contribution in [0.3, 0.4) is 0 Å². The van der Waals surface area contributed by atoms with Crippen LogP contribution in [0.25, 0.3) is 5.69 Å². The van der Waals surface area contributed by atoms with E-state index in [1.54, 1.807) is 0 Å². The van der Waals surface area contributed by atoms with E-state index in [9.17, 15) is 0 Å². The number of hydrogen-bond acceptors (Lipinski definition) is 3. The lowest BCUT2D eigenvalue weighted by Gasteiger charge is -2.09. The van der Waals surface area contributed by atoms with Gasteiger partial charge in [0.1, 0.15) is 0 Å². The normalized spacial score (nSPS) is 19.2. The Labute approximate surface area is 107 Å². The third-order valence-electron chi connectivity index (χ3n) is 3.31. The lowest BCUT2D eigenvalue weighted by molar-refractivity contribution is 0.547. The molecule has 2 heterocycles. The van der Waals surface area contributed by atoms with Crippen molar-refractivity contribution in [2.75, 3.05) is 13.1 Å². The molecule has 0 spiro atoms. The summed E-state index contributed by atoms with van der Waals surface area (Å²) in [4.78, 5) is 0. The van der Waals surface area contributed by atoms with Gasteiger partial charge in [-0.2, -0.15) is 5.10 Å². The zero-order valence-corrected chi connectivity index (χ0v) is 10.3. The van der Waals surface area contributed by atoms with Crippen molar-refractivity contribution in [2.24, 2.45) is 0 Å². The van der Waals surface area contributed by atoms with Crippen LogP contribution in [0.15, 0.2) is 42.7 Å². The molecule has 0 bridgehead atoms. The monoisotopic (exact) mass is 242 g/mol. The molecule has 1 aromatic heterocycles. The Kier molecular flexibility index (Phi) is 3.39. The molecule has 1 atom stereocenters. The average molecular weight is 242 g/mol. The predicted molar refractivity (Wildman–Crippen MR) is 71.7 cm³/mol. The standard InChI is InChI=1S/C14H18N4/c1-2-4-14(5-3-1)18-11-12(9-17-18)8-16-13-6-7-15-10-13/h1-5,9,11,13,15-16H,6-8,10H2. The molecule has 1 aliphatic rings. The third-order valence-corrected chi connectivity index (χ3v) is 3.31. The molecule has 0 saturated carbocycles. The van der Waals surface area contributed by atoms with Gasteiger partial charge in [-0.25, -0.2) is 4.68 Å². The lowest BCUT2D eigenvalue weighted by atomic mass is 10.2. The summed E-state index contributed by atoms with van der Waals surface area (Å²) in [5.41, 5.74) is 2.33. The van der Waals surface area contributed by atoms with E-state index in [2.05, 4.69) is 34.1 Å². The third kappa shape index (κ3) is 2.60. The van der Waals surface area contributed by atoms with Gasteiger partial charge in [0.25, 0.3) is 0 Å². The number of nitrogens with zero attached hydrogens (tertiary/aromatic N) is 2. The van der Waals surface area contributed by atoms with Gasteiger partial charge < -0.3 is 10.6 Å². The van der Waals surface area contributed by atoms with Crippen molar-refractivity contribution >= 4 is 0 Å². The van der Waals surface area contributed by atoms with Gasteiger partial charge in [-0.3, -0.25) is 0 Å². The zero-order valence-electron chi connectivity index (χ0n) is 10.3. The van der Waals surface area contributed by atoms with Crippen molar-refractivity contribution in [3.8, 4) is 5.69 Å². The first-order valence-electron chi connectivity index (χ1n) is 6.45. The predicted octanol–water partition coefficient (Wildman–Crippen LogP) is 1.32. The highest BCUT2D eigenvalue weighted by molar-refractivity contribution is 5.30. The highest BCUT2D eigenvalue weighted by Crippen LogP contribution is 2.08. The van der Waals surface area contributed by atoms with E-state index < -0.39 is 0 Å². The van der Waals surface area contributed by atoms with Gasteiger partial charge in [0.15, 0.2) is 0 Å². The van der Waals surface area contributed by atoms with Crippen LogP contribution in [0.2, 0.25) is 0 Å². The first-order valence-corrected chi connectivity index (χ1v) is 6.45. The minimum atomic E-state index is 0.602. The Hall–Kier alpha value is -1.65. The zero-order chi connectivity index (χ0) is 12.2. The fourth-order valence-electron chi connectivity index (χ4n) is 2.26. The summed E-state index contributed by atoms with van der Waals surface area (Å²) in [6.07, 6.45) is 5.24. The minimum absolute atomic E-state index is 0.602. The molecule has 1 saturated heterocycles. The maximum Gasteiger partial charge on any atom is 0.0645 e. The average Bonchev–Trinajstić information content (AvgIpc) is 3.09. The second-order valence-corrected chi connectivity index (χ2v) is 4.70. The van der Waals surface area contributed by atoms with E-state index in [-0.39, 0.29) is 0 Å². The Morgan fingerprint density at radius 2 is 2.22 bits per heavy atom. The van der Waals surface area contributed by atoms with Gasteiger partial charge in [0.05, 0.1) is 11.9 Å². The van der Waals surface area contributed by atoms with Crippen LogP contribution < -0.4 is 10.6 Å². The van der Waals surface area contributed by atoms with Crippen LogP contribution in [0.4, 0.5) is 0 Å². The molecule has 0 radical (unpaired) electrons. The van der Waals surface area contributed by atoms with E-state index in [0.29, 0.717) is 6.04 Å². The number of rotatable bonds is 4. The van der Waals surface area contributed by atoms with E-state index in [0.717, 1.165) is 25.3 Å². The molecule has 18 heavy (non-hydrogen) atoms. The summed E-state index contributed by atoms with van der Waals surface area (Å²) in [7, 11) is 0. The molecule has 94 valence electrons. The Morgan fingerprint density at radius 3 is 3.00 bits per heavy atom. The second-order valence-electron chi connectivity index (χ2n) is 4.70. The minimum Gasteiger partial charge on any atom is -0.315 e. The molecular weight excluding hydrogens is 224 g/mol. The summed E-state index contributed by atoms with van der Waals surface area (Å²) >= 11 is 0. The van der Waals surface area contributed by atoms with E-state index in [4.69, 9.17) is 0 Å². The molecular formula is C14H18N4. The van der Waals surface area contributed by atoms with E-state index in [1.807, 2.05) is 29.1 Å². The van der Waals surface area contributed by atoms with E-state index >= 15 is 0 Å². The molecule has 1 unspecified atom stereocenters. The number of aromatic nitrogens is 2. The summed E-state index contributed by atoms with van der Waals surface area (Å²) in [6, 6.07) is 10.8. The maximum atomic E-state index is 4.39. The maximum absolute atomic E-state index is 4.39. The molecule has 1 fully saturated rings. The Morgan fingerprint density at radius 1 is 1.33 bits per heavy atom. The van der Waals surface area contributed by atoms with Gasteiger partial charge in [-0.1, -0.05) is 18.2 Å². The quantitative estimate of drug-likeness (QED) is 0.850. The summed E-state index contributed by atoms with van der Waals surface area (Å²) in [5.74, 6) is 0. The topological polar surface area (TPSA) is 41.9 Å². The first-order chi connectivity index (χ1) is 8.92. The molecule has 4 heteroatoms. The van der Waals surface area contributed by atoms with Crippen LogP contribution >= 0.6 is 0 Å². The van der Waals surface area contributed by atoms with Crippen LogP contribution in [0.5, 0.6) is 0 Å². The summed E-state index contributed by atoms with van der Waals surface area (Å²) < 4.78 is 1.92. The molecule has 1 aromatic carbocycles. The summed E-state index contributed by atoms with van der Waals surface area (Å²) in [6.45, 7) is 3.09. The van der Waals surface area contributed by atoms with Crippen molar-refractivity contribution < 1.29 is 0 Å². The first kappa shape index (κ1) is 11.4. The van der Waals surface area contributed by atoms with Crippen LogP contribution in [0.1, 0.15) is 12.0 Å². The molecule has 0 aliphatic carbocycles. The smallest absolute Gasteiger partial charge is 0.0645 e. The van der Waals surface area contributed by atoms with E-state index in [1.165, 1.54) is 12.0 Å². The van der Waals surface area contributed by atoms with Gasteiger partial charge in [-0.15, -0.1) is 0 Å². The van der Waals surface area contributed by atoms with Crippen LogP contribution in [0, 0.1) is 0 Å². The summed E-state index contributed by atoms with van der Waals surface area (Å²) in [5, 5.41) is 11.3. The number of nitrogens with one attached hydrogen (secondary N) is 2. The SMILES string of the molecule is c1ccc(-n2cc(CNC3CCNC3)cn2)cc1. The van der Waals surface area contributed by atoms with Crippen molar-refractivity contribution in [1.82, 2.24) is 20.4 Å². The van der Waals surface area contributed by atoms with Crippen molar-refractivity contribution in [2.45, 2.75) is 19.0 Å². The highest BCUT2D eigenvalue weighted by atomic mass is 15.3. The van der Waals surface area contributed by atoms with Crippen molar-refractivity contribution in [3.63, 3.8) is 0 Å². The number of para-hydroxylation sites is 1.